The van der Waals surface area contributed by atoms with E-state index in [4.69, 9.17) is 0 Å². The smallest absolute Gasteiger partial charge is 0.278 e. The molecule has 0 unspecified atom stereocenters. The Morgan fingerprint density at radius 2 is 1.72 bits per heavy atom. The van der Waals surface area contributed by atoms with Crippen molar-refractivity contribution in [2.75, 3.05) is 5.32 Å². The molecule has 1 saturated carbocycles. The molecule has 0 heterocycles. The first-order valence-corrected chi connectivity index (χ1v) is 9.52. The van der Waals surface area contributed by atoms with E-state index in [1.165, 1.54) is 24.8 Å². The minimum absolute atomic E-state index is 0.0240. The lowest BCUT2D eigenvalue weighted by Gasteiger charge is -2.20. The number of hydrazone groups is 1. The minimum atomic E-state index is -0.510. The van der Waals surface area contributed by atoms with Crippen LogP contribution >= 0.6 is 0 Å². The van der Waals surface area contributed by atoms with Gasteiger partial charge in [-0.2, -0.15) is 5.10 Å². The first kappa shape index (κ1) is 20.2. The summed E-state index contributed by atoms with van der Waals surface area (Å²) in [4.78, 5) is 34.9. The van der Waals surface area contributed by atoms with Crippen molar-refractivity contribution in [3.05, 3.63) is 69.8 Å². The average Bonchev–Trinajstić information content (AvgIpc) is 2.75. The third kappa shape index (κ3) is 5.47. The Labute approximate surface area is 168 Å². The average molecular weight is 394 g/mol. The van der Waals surface area contributed by atoms with Crippen molar-refractivity contribution >= 4 is 29.4 Å². The second-order valence-corrected chi connectivity index (χ2v) is 6.92. The summed E-state index contributed by atoms with van der Waals surface area (Å²) in [5, 5.41) is 17.7. The second-order valence-electron chi connectivity index (χ2n) is 6.92. The quantitative estimate of drug-likeness (QED) is 0.440. The summed E-state index contributed by atoms with van der Waals surface area (Å²) in [6.07, 6.45) is 6.43. The Bertz CT molecular complexity index is 919. The van der Waals surface area contributed by atoms with Crippen LogP contribution in [-0.2, 0) is 4.79 Å². The Balaban J connectivity index is 1.56. The normalized spacial score (nSPS) is 14.5. The Morgan fingerprint density at radius 3 is 2.41 bits per heavy atom. The highest BCUT2D eigenvalue weighted by molar-refractivity contribution is 5.97. The molecule has 2 N–H and O–H groups in total. The van der Waals surface area contributed by atoms with Crippen LogP contribution in [0.5, 0.6) is 0 Å². The molecule has 0 aromatic heterocycles. The van der Waals surface area contributed by atoms with Gasteiger partial charge >= 0.3 is 0 Å². The van der Waals surface area contributed by atoms with Gasteiger partial charge < -0.3 is 5.32 Å². The predicted molar refractivity (Wildman–Crippen MR) is 110 cm³/mol. The molecular weight excluding hydrogens is 372 g/mol. The van der Waals surface area contributed by atoms with Gasteiger partial charge in [0, 0.05) is 23.2 Å². The summed E-state index contributed by atoms with van der Waals surface area (Å²) >= 11 is 0. The van der Waals surface area contributed by atoms with Crippen LogP contribution in [-0.4, -0.2) is 23.0 Å². The lowest BCUT2D eigenvalue weighted by Crippen LogP contribution is -2.24. The zero-order chi connectivity index (χ0) is 20.6. The molecule has 1 aliphatic carbocycles. The Hall–Kier alpha value is -3.55. The van der Waals surface area contributed by atoms with Crippen LogP contribution in [0, 0.1) is 16.0 Å². The number of hydrogen-bond donors (Lipinski definition) is 2. The van der Waals surface area contributed by atoms with Crippen LogP contribution < -0.4 is 10.7 Å². The van der Waals surface area contributed by atoms with Crippen molar-refractivity contribution in [3.63, 3.8) is 0 Å². The number of nitrogens with zero attached hydrogens (tertiary/aromatic N) is 2. The number of para-hydroxylation sites is 1. The standard InChI is InChI=1S/C21H22N4O4/c26-20(15-6-2-1-3-7-15)23-18-12-10-16(11-13-18)21(27)24-22-14-17-8-4-5-9-19(17)25(28)29/h4-5,8-15H,1-3,6-7H2,(H,23,26)(H,24,27)/b22-14+. The topological polar surface area (TPSA) is 114 Å². The van der Waals surface area contributed by atoms with E-state index in [1.54, 1.807) is 36.4 Å². The molecule has 2 aromatic rings. The van der Waals surface area contributed by atoms with Crippen molar-refractivity contribution in [2.45, 2.75) is 32.1 Å². The fourth-order valence-electron chi connectivity index (χ4n) is 3.30. The van der Waals surface area contributed by atoms with E-state index in [9.17, 15) is 19.7 Å². The van der Waals surface area contributed by atoms with Crippen molar-refractivity contribution in [1.82, 2.24) is 5.43 Å². The molecule has 29 heavy (non-hydrogen) atoms. The number of anilines is 1. The monoisotopic (exact) mass is 394 g/mol. The Morgan fingerprint density at radius 1 is 1.03 bits per heavy atom. The third-order valence-corrected chi connectivity index (χ3v) is 4.89. The van der Waals surface area contributed by atoms with Crippen LogP contribution in [0.3, 0.4) is 0 Å². The number of nitrogens with one attached hydrogen (secondary N) is 2. The van der Waals surface area contributed by atoms with Gasteiger partial charge in [-0.25, -0.2) is 5.43 Å². The van der Waals surface area contributed by atoms with Crippen molar-refractivity contribution in [1.29, 1.82) is 0 Å². The van der Waals surface area contributed by atoms with Gasteiger partial charge in [-0.3, -0.25) is 19.7 Å². The molecule has 1 fully saturated rings. The molecule has 150 valence electrons. The minimum Gasteiger partial charge on any atom is -0.326 e. The van der Waals surface area contributed by atoms with Crippen molar-refractivity contribution < 1.29 is 14.5 Å². The Kier molecular flexibility index (Phi) is 6.67. The summed E-state index contributed by atoms with van der Waals surface area (Å²) in [6.45, 7) is 0. The second kappa shape index (κ2) is 9.59. The molecule has 1 aliphatic rings. The van der Waals surface area contributed by atoms with Crippen LogP contribution in [0.4, 0.5) is 11.4 Å². The van der Waals surface area contributed by atoms with Gasteiger partial charge in [0.15, 0.2) is 0 Å². The molecule has 0 radical (unpaired) electrons. The molecule has 0 atom stereocenters. The molecule has 3 rings (SSSR count). The SMILES string of the molecule is O=C(N/N=C/c1ccccc1[N+](=O)[O-])c1ccc(NC(=O)C2CCCCC2)cc1. The van der Waals surface area contributed by atoms with E-state index in [0.29, 0.717) is 16.8 Å². The molecule has 0 aliphatic heterocycles. The number of hydrogen-bond acceptors (Lipinski definition) is 5. The van der Waals surface area contributed by atoms with Crippen LogP contribution in [0.1, 0.15) is 48.0 Å². The summed E-state index contributed by atoms with van der Waals surface area (Å²) in [6, 6.07) is 12.6. The molecule has 2 amide bonds. The first-order chi connectivity index (χ1) is 14.0. The maximum absolute atomic E-state index is 12.3. The predicted octanol–water partition coefficient (Wildman–Crippen LogP) is 3.88. The van der Waals surface area contributed by atoms with Crippen LogP contribution in [0.25, 0.3) is 0 Å². The summed E-state index contributed by atoms with van der Waals surface area (Å²) < 4.78 is 0. The summed E-state index contributed by atoms with van der Waals surface area (Å²) in [5.41, 5.74) is 3.54. The van der Waals surface area contributed by atoms with Gasteiger partial charge in [0.1, 0.15) is 0 Å². The molecular formula is C21H22N4O4. The van der Waals surface area contributed by atoms with E-state index >= 15 is 0 Å². The third-order valence-electron chi connectivity index (χ3n) is 4.89. The highest BCUT2D eigenvalue weighted by atomic mass is 16.6. The zero-order valence-corrected chi connectivity index (χ0v) is 15.8. The maximum atomic E-state index is 12.3. The maximum Gasteiger partial charge on any atom is 0.278 e. The number of nitro benzene ring substituents is 1. The van der Waals surface area contributed by atoms with E-state index in [0.717, 1.165) is 25.7 Å². The van der Waals surface area contributed by atoms with Gasteiger partial charge in [-0.1, -0.05) is 31.4 Å². The molecule has 0 spiro atoms. The lowest BCUT2D eigenvalue weighted by atomic mass is 9.88. The fourth-order valence-corrected chi connectivity index (χ4v) is 3.30. The highest BCUT2D eigenvalue weighted by Crippen LogP contribution is 2.25. The van der Waals surface area contributed by atoms with Gasteiger partial charge in [0.2, 0.25) is 5.91 Å². The number of rotatable bonds is 6. The fraction of sp³-hybridized carbons (Fsp3) is 0.286. The van der Waals surface area contributed by atoms with E-state index in [-0.39, 0.29) is 17.5 Å². The van der Waals surface area contributed by atoms with Crippen LogP contribution in [0.2, 0.25) is 0 Å². The molecule has 8 nitrogen and oxygen atoms in total. The lowest BCUT2D eigenvalue weighted by molar-refractivity contribution is -0.385. The molecule has 2 aromatic carbocycles. The number of carbonyl (C=O) groups excluding carboxylic acids is 2. The molecule has 0 saturated heterocycles. The van der Waals surface area contributed by atoms with Crippen molar-refractivity contribution in [3.8, 4) is 0 Å². The largest absolute Gasteiger partial charge is 0.326 e. The van der Waals surface area contributed by atoms with Crippen LogP contribution in [0.15, 0.2) is 53.6 Å². The number of carbonyl (C=O) groups is 2. The first-order valence-electron chi connectivity index (χ1n) is 9.52. The summed E-state index contributed by atoms with van der Waals surface area (Å²) in [7, 11) is 0. The zero-order valence-electron chi connectivity index (χ0n) is 15.8. The van der Waals surface area contributed by atoms with E-state index < -0.39 is 10.8 Å². The number of nitro groups is 1. The van der Waals surface area contributed by atoms with Gasteiger partial charge in [-0.15, -0.1) is 0 Å². The van der Waals surface area contributed by atoms with Gasteiger partial charge in [-0.05, 0) is 43.2 Å². The highest BCUT2D eigenvalue weighted by Gasteiger charge is 2.21. The number of amides is 2. The van der Waals surface area contributed by atoms with Crippen molar-refractivity contribution in [2.24, 2.45) is 11.0 Å². The van der Waals surface area contributed by atoms with Gasteiger partial charge in [0.05, 0.1) is 16.7 Å². The number of benzene rings is 2. The van der Waals surface area contributed by atoms with E-state index in [1.807, 2.05) is 0 Å². The summed E-state index contributed by atoms with van der Waals surface area (Å²) in [5.74, 6) is -0.371. The van der Waals surface area contributed by atoms with Gasteiger partial charge in [0.25, 0.3) is 11.6 Å². The molecule has 0 bridgehead atoms. The molecule has 8 heteroatoms. The van der Waals surface area contributed by atoms with E-state index in [2.05, 4.69) is 15.8 Å².